The molecule has 1 saturated heterocycles. The zero-order valence-corrected chi connectivity index (χ0v) is 15.1. The van der Waals surface area contributed by atoms with Gasteiger partial charge in [-0.05, 0) is 37.0 Å². The molecule has 0 bridgehead atoms. The van der Waals surface area contributed by atoms with E-state index in [-0.39, 0.29) is 19.5 Å². The Labute approximate surface area is 149 Å². The molecule has 1 aliphatic heterocycles. The Bertz CT molecular complexity index is 583. The average Bonchev–Trinajstić information content (AvgIpc) is 2.64. The highest BCUT2D eigenvalue weighted by atomic mass is 16.7. The second-order valence-electron chi connectivity index (χ2n) is 6.52. The lowest BCUT2D eigenvalue weighted by atomic mass is 9.91. The number of carbonyl (C=O) groups is 1. The van der Waals surface area contributed by atoms with E-state index in [9.17, 15) is 10.1 Å². The standard InChI is InChI=1S/C20H27NO4/c1-3-5-6-8-18-23-14-20(13-21,15-24-18)19(22)25-17-11-9-16(7-4-2)10-12-17/h9-12,18H,3-8,14-15H2,1-2H3/t18-,20+. The van der Waals surface area contributed by atoms with Gasteiger partial charge in [0.05, 0.1) is 19.3 Å². The number of esters is 1. The molecule has 0 unspecified atom stereocenters. The fourth-order valence-corrected chi connectivity index (χ4v) is 2.73. The zero-order valence-electron chi connectivity index (χ0n) is 15.1. The fourth-order valence-electron chi connectivity index (χ4n) is 2.73. The number of ether oxygens (including phenoxy) is 3. The predicted molar refractivity (Wildman–Crippen MR) is 94.0 cm³/mol. The van der Waals surface area contributed by atoms with Crippen LogP contribution in [0.15, 0.2) is 24.3 Å². The van der Waals surface area contributed by atoms with Crippen molar-refractivity contribution in [3.8, 4) is 11.8 Å². The maximum Gasteiger partial charge on any atom is 0.336 e. The average molecular weight is 345 g/mol. The smallest absolute Gasteiger partial charge is 0.336 e. The summed E-state index contributed by atoms with van der Waals surface area (Å²) in [6.45, 7) is 4.26. The number of nitrogens with zero attached hydrogens (tertiary/aromatic N) is 1. The van der Waals surface area contributed by atoms with Gasteiger partial charge in [-0.15, -0.1) is 0 Å². The molecule has 0 amide bonds. The molecule has 1 heterocycles. The van der Waals surface area contributed by atoms with Gasteiger partial charge in [0.1, 0.15) is 5.75 Å². The van der Waals surface area contributed by atoms with Gasteiger partial charge in [0, 0.05) is 0 Å². The van der Waals surface area contributed by atoms with Crippen LogP contribution in [-0.2, 0) is 20.7 Å². The minimum absolute atomic E-state index is 0.00699. The minimum Gasteiger partial charge on any atom is -0.425 e. The molecule has 0 saturated carbocycles. The number of nitriles is 1. The molecule has 0 N–H and O–H groups in total. The Morgan fingerprint density at radius 3 is 2.44 bits per heavy atom. The Kier molecular flexibility index (Phi) is 7.42. The highest BCUT2D eigenvalue weighted by molar-refractivity contribution is 5.82. The van der Waals surface area contributed by atoms with Gasteiger partial charge in [-0.2, -0.15) is 5.26 Å². The Morgan fingerprint density at radius 2 is 1.88 bits per heavy atom. The summed E-state index contributed by atoms with van der Waals surface area (Å²) in [6.07, 6.45) is 5.73. The van der Waals surface area contributed by atoms with Crippen molar-refractivity contribution in [2.24, 2.45) is 5.41 Å². The third-order valence-corrected chi connectivity index (χ3v) is 4.35. The van der Waals surface area contributed by atoms with Crippen LogP contribution in [0.2, 0.25) is 0 Å². The maximum atomic E-state index is 12.5. The molecule has 5 nitrogen and oxygen atoms in total. The molecular weight excluding hydrogens is 318 g/mol. The SMILES string of the molecule is CCCCC[C@H]1OC[C@@](C#N)(C(=O)Oc2ccc(CCC)cc2)CO1. The van der Waals surface area contributed by atoms with E-state index in [1.54, 1.807) is 12.1 Å². The van der Waals surface area contributed by atoms with Crippen LogP contribution >= 0.6 is 0 Å². The van der Waals surface area contributed by atoms with Gasteiger partial charge >= 0.3 is 5.97 Å². The van der Waals surface area contributed by atoms with Crippen molar-refractivity contribution in [3.05, 3.63) is 29.8 Å². The molecule has 1 aliphatic rings. The third kappa shape index (κ3) is 5.29. The summed E-state index contributed by atoms with van der Waals surface area (Å²) < 4.78 is 16.6. The highest BCUT2D eigenvalue weighted by Crippen LogP contribution is 2.28. The molecule has 136 valence electrons. The molecule has 0 aliphatic carbocycles. The van der Waals surface area contributed by atoms with Gasteiger partial charge in [-0.3, -0.25) is 0 Å². The van der Waals surface area contributed by atoms with Crippen molar-refractivity contribution in [1.82, 2.24) is 0 Å². The normalized spacial score (nSPS) is 23.0. The summed E-state index contributed by atoms with van der Waals surface area (Å²) in [6, 6.07) is 9.41. The van der Waals surface area contributed by atoms with Crippen LogP contribution in [0.1, 0.15) is 51.5 Å². The van der Waals surface area contributed by atoms with Gasteiger partial charge in [0.25, 0.3) is 0 Å². The predicted octanol–water partition coefficient (Wildman–Crippen LogP) is 4.01. The summed E-state index contributed by atoms with van der Waals surface area (Å²) >= 11 is 0. The first-order chi connectivity index (χ1) is 12.1. The number of carbonyl (C=O) groups excluding carboxylic acids is 1. The lowest BCUT2D eigenvalue weighted by molar-refractivity contribution is -0.223. The van der Waals surface area contributed by atoms with E-state index in [2.05, 4.69) is 13.8 Å². The first kappa shape index (κ1) is 19.4. The van der Waals surface area contributed by atoms with E-state index in [1.807, 2.05) is 18.2 Å². The van der Waals surface area contributed by atoms with Gasteiger partial charge < -0.3 is 14.2 Å². The Hall–Kier alpha value is -1.90. The van der Waals surface area contributed by atoms with E-state index >= 15 is 0 Å². The van der Waals surface area contributed by atoms with Crippen molar-refractivity contribution in [2.75, 3.05) is 13.2 Å². The first-order valence-electron chi connectivity index (χ1n) is 9.09. The lowest BCUT2D eigenvalue weighted by Crippen LogP contribution is -2.48. The molecular formula is C20H27NO4. The fraction of sp³-hybridized carbons (Fsp3) is 0.600. The van der Waals surface area contributed by atoms with Crippen molar-refractivity contribution >= 4 is 5.97 Å². The van der Waals surface area contributed by atoms with E-state index in [4.69, 9.17) is 14.2 Å². The van der Waals surface area contributed by atoms with Crippen LogP contribution in [0.4, 0.5) is 0 Å². The van der Waals surface area contributed by atoms with Crippen LogP contribution in [0.25, 0.3) is 0 Å². The molecule has 25 heavy (non-hydrogen) atoms. The van der Waals surface area contributed by atoms with Crippen LogP contribution in [0, 0.1) is 16.7 Å². The second-order valence-corrected chi connectivity index (χ2v) is 6.52. The maximum absolute atomic E-state index is 12.5. The van der Waals surface area contributed by atoms with Crippen molar-refractivity contribution in [3.63, 3.8) is 0 Å². The number of hydrogen-bond acceptors (Lipinski definition) is 5. The van der Waals surface area contributed by atoms with Gasteiger partial charge in [-0.25, -0.2) is 4.79 Å². The van der Waals surface area contributed by atoms with Gasteiger partial charge in [0.15, 0.2) is 6.29 Å². The van der Waals surface area contributed by atoms with Gasteiger partial charge in [-0.1, -0.05) is 45.2 Å². The van der Waals surface area contributed by atoms with E-state index in [1.165, 1.54) is 5.56 Å². The molecule has 0 radical (unpaired) electrons. The van der Waals surface area contributed by atoms with Crippen molar-refractivity contribution in [2.45, 2.75) is 58.7 Å². The van der Waals surface area contributed by atoms with Crippen LogP contribution in [0.3, 0.4) is 0 Å². The van der Waals surface area contributed by atoms with Gasteiger partial charge in [0.2, 0.25) is 5.41 Å². The summed E-state index contributed by atoms with van der Waals surface area (Å²) in [5.74, 6) is -0.185. The van der Waals surface area contributed by atoms with Crippen molar-refractivity contribution < 1.29 is 19.0 Å². The molecule has 1 fully saturated rings. The number of benzene rings is 1. The number of hydrogen-bond donors (Lipinski definition) is 0. The molecule has 0 spiro atoms. The summed E-state index contributed by atoms with van der Waals surface area (Å²) in [7, 11) is 0. The number of rotatable bonds is 8. The van der Waals surface area contributed by atoms with Crippen molar-refractivity contribution in [1.29, 1.82) is 5.26 Å². The minimum atomic E-state index is -1.40. The summed E-state index contributed by atoms with van der Waals surface area (Å²) in [5.41, 5.74) is -0.208. The molecule has 1 aromatic rings. The quantitative estimate of drug-likeness (QED) is 0.404. The Morgan fingerprint density at radius 1 is 1.20 bits per heavy atom. The molecule has 0 atom stereocenters. The monoisotopic (exact) mass is 345 g/mol. The van der Waals surface area contributed by atoms with Crippen LogP contribution < -0.4 is 4.74 Å². The second kappa shape index (κ2) is 9.55. The largest absolute Gasteiger partial charge is 0.425 e. The molecule has 0 aromatic heterocycles. The van der Waals surface area contributed by atoms with E-state index < -0.39 is 11.4 Å². The van der Waals surface area contributed by atoms with Crippen LogP contribution in [-0.4, -0.2) is 25.5 Å². The van der Waals surface area contributed by atoms with E-state index in [0.717, 1.165) is 38.5 Å². The van der Waals surface area contributed by atoms with E-state index in [0.29, 0.717) is 5.75 Å². The third-order valence-electron chi connectivity index (χ3n) is 4.35. The summed E-state index contributed by atoms with van der Waals surface area (Å²) in [5, 5.41) is 9.49. The highest BCUT2D eigenvalue weighted by Gasteiger charge is 2.46. The first-order valence-corrected chi connectivity index (χ1v) is 9.09. The summed E-state index contributed by atoms with van der Waals surface area (Å²) in [4.78, 5) is 12.5. The molecule has 1 aromatic carbocycles. The Balaban J connectivity index is 1.91. The number of unbranched alkanes of at least 4 members (excludes halogenated alkanes) is 2. The topological polar surface area (TPSA) is 68.5 Å². The molecule has 5 heteroatoms. The molecule has 2 rings (SSSR count). The lowest BCUT2D eigenvalue weighted by Gasteiger charge is -2.33. The zero-order chi connectivity index (χ0) is 18.1. The van der Waals surface area contributed by atoms with Crippen LogP contribution in [0.5, 0.6) is 5.75 Å². The number of aryl methyl sites for hydroxylation is 1.